The van der Waals surface area contributed by atoms with Crippen molar-refractivity contribution in [2.75, 3.05) is 0 Å². The molecule has 0 aliphatic heterocycles. The lowest BCUT2D eigenvalue weighted by molar-refractivity contribution is -0.123. The SMILES string of the molecule is CC(C)C[C@H](NC(=O)[C@H](Cc1ccccc1)NC(=O)c1ccc(F)cc1F)B(O)O. The largest absolute Gasteiger partial charge is 0.475 e. The molecule has 2 rings (SSSR count). The van der Waals surface area contributed by atoms with Gasteiger partial charge in [-0.3, -0.25) is 9.59 Å². The number of benzene rings is 2. The van der Waals surface area contributed by atoms with Gasteiger partial charge in [0.1, 0.15) is 17.7 Å². The van der Waals surface area contributed by atoms with Gasteiger partial charge in [0.25, 0.3) is 5.91 Å². The van der Waals surface area contributed by atoms with E-state index in [0.29, 0.717) is 12.5 Å². The number of rotatable bonds is 9. The summed E-state index contributed by atoms with van der Waals surface area (Å²) in [6, 6.07) is 10.3. The van der Waals surface area contributed by atoms with Crippen LogP contribution >= 0.6 is 0 Å². The van der Waals surface area contributed by atoms with Crippen molar-refractivity contribution in [2.24, 2.45) is 5.92 Å². The maximum absolute atomic E-state index is 14.0. The van der Waals surface area contributed by atoms with Gasteiger partial charge in [0.05, 0.1) is 11.5 Å². The molecular weight excluding hydrogens is 393 g/mol. The molecule has 0 saturated carbocycles. The Bertz CT molecular complexity index is 865. The average molecular weight is 418 g/mol. The number of amides is 2. The topological polar surface area (TPSA) is 98.7 Å². The summed E-state index contributed by atoms with van der Waals surface area (Å²) < 4.78 is 27.1. The lowest BCUT2D eigenvalue weighted by Crippen LogP contribution is -2.55. The van der Waals surface area contributed by atoms with E-state index in [1.807, 2.05) is 13.8 Å². The summed E-state index contributed by atoms with van der Waals surface area (Å²) in [7, 11) is -1.78. The molecule has 0 spiro atoms. The third kappa shape index (κ3) is 6.93. The second-order valence-electron chi connectivity index (χ2n) is 7.50. The minimum Gasteiger partial charge on any atom is -0.426 e. The fourth-order valence-electron chi connectivity index (χ4n) is 3.02. The van der Waals surface area contributed by atoms with Crippen molar-refractivity contribution in [3.63, 3.8) is 0 Å². The summed E-state index contributed by atoms with van der Waals surface area (Å²) in [5.41, 5.74) is 0.339. The van der Waals surface area contributed by atoms with Crippen molar-refractivity contribution in [1.29, 1.82) is 0 Å². The van der Waals surface area contributed by atoms with E-state index in [4.69, 9.17) is 0 Å². The van der Waals surface area contributed by atoms with Crippen LogP contribution in [0.3, 0.4) is 0 Å². The second-order valence-corrected chi connectivity index (χ2v) is 7.50. The second kappa shape index (κ2) is 10.8. The molecule has 0 aliphatic rings. The zero-order valence-electron chi connectivity index (χ0n) is 16.8. The summed E-state index contributed by atoms with van der Waals surface area (Å²) in [6.07, 6.45) is 0.402. The lowest BCUT2D eigenvalue weighted by Gasteiger charge is -2.24. The van der Waals surface area contributed by atoms with Crippen molar-refractivity contribution in [3.05, 3.63) is 71.3 Å². The predicted octanol–water partition coefficient (Wildman–Crippen LogP) is 1.85. The van der Waals surface area contributed by atoms with Gasteiger partial charge in [0, 0.05) is 12.5 Å². The van der Waals surface area contributed by atoms with Crippen molar-refractivity contribution in [1.82, 2.24) is 10.6 Å². The van der Waals surface area contributed by atoms with E-state index >= 15 is 0 Å². The molecule has 2 aromatic carbocycles. The van der Waals surface area contributed by atoms with E-state index in [1.54, 1.807) is 30.3 Å². The first-order valence-electron chi connectivity index (χ1n) is 9.63. The minimum atomic E-state index is -1.78. The van der Waals surface area contributed by atoms with E-state index in [1.165, 1.54) is 0 Å². The molecule has 0 heterocycles. The van der Waals surface area contributed by atoms with Gasteiger partial charge in [-0.2, -0.15) is 0 Å². The van der Waals surface area contributed by atoms with Crippen LogP contribution < -0.4 is 10.6 Å². The molecule has 0 aromatic heterocycles. The van der Waals surface area contributed by atoms with Gasteiger partial charge < -0.3 is 20.7 Å². The van der Waals surface area contributed by atoms with E-state index < -0.39 is 48.1 Å². The standard InChI is InChI=1S/C21H25BF2N2O4/c1-13(2)10-19(22(29)30)26-21(28)18(11-14-6-4-3-5-7-14)25-20(27)16-9-8-15(23)12-17(16)24/h3-9,12-13,18-19,29-30H,10-11H2,1-2H3,(H,25,27)(H,26,28)/t18-,19-/m0/s1. The third-order valence-corrected chi connectivity index (χ3v) is 4.49. The zero-order chi connectivity index (χ0) is 22.3. The highest BCUT2D eigenvalue weighted by Gasteiger charge is 2.30. The van der Waals surface area contributed by atoms with Gasteiger partial charge in [-0.15, -0.1) is 0 Å². The van der Waals surface area contributed by atoms with Gasteiger partial charge >= 0.3 is 7.12 Å². The van der Waals surface area contributed by atoms with Gasteiger partial charge in [0.15, 0.2) is 0 Å². The Kier molecular flexibility index (Phi) is 8.50. The molecule has 2 aromatic rings. The average Bonchev–Trinajstić information content (AvgIpc) is 2.67. The molecule has 160 valence electrons. The van der Waals surface area contributed by atoms with E-state index in [0.717, 1.165) is 17.7 Å². The number of hydrogen-bond donors (Lipinski definition) is 4. The van der Waals surface area contributed by atoms with Gasteiger partial charge in [0.2, 0.25) is 5.91 Å². The molecule has 6 nitrogen and oxygen atoms in total. The fraction of sp³-hybridized carbons (Fsp3) is 0.333. The number of carbonyl (C=O) groups is 2. The fourth-order valence-corrected chi connectivity index (χ4v) is 3.02. The maximum atomic E-state index is 14.0. The maximum Gasteiger partial charge on any atom is 0.475 e. The van der Waals surface area contributed by atoms with Crippen LogP contribution in [-0.4, -0.2) is 41.0 Å². The van der Waals surface area contributed by atoms with E-state index in [-0.39, 0.29) is 12.3 Å². The Morgan fingerprint density at radius 1 is 1.03 bits per heavy atom. The summed E-state index contributed by atoms with van der Waals surface area (Å²) in [5, 5.41) is 24.1. The molecule has 9 heteroatoms. The predicted molar refractivity (Wildman–Crippen MR) is 109 cm³/mol. The smallest absolute Gasteiger partial charge is 0.426 e. The van der Waals surface area contributed by atoms with Crippen molar-refractivity contribution < 1.29 is 28.4 Å². The minimum absolute atomic E-state index is 0.0765. The van der Waals surface area contributed by atoms with E-state index in [2.05, 4.69) is 10.6 Å². The molecule has 2 amide bonds. The number of carbonyl (C=O) groups excluding carboxylic acids is 2. The summed E-state index contributed by atoms with van der Waals surface area (Å²) >= 11 is 0. The summed E-state index contributed by atoms with van der Waals surface area (Å²) in [5.74, 6) is -4.25. The number of hydrogen-bond acceptors (Lipinski definition) is 4. The first kappa shape index (κ1) is 23.5. The molecule has 0 unspecified atom stereocenters. The Hall–Kier alpha value is -2.78. The van der Waals surface area contributed by atoms with Crippen molar-refractivity contribution in [3.8, 4) is 0 Å². The van der Waals surface area contributed by atoms with Crippen LogP contribution in [0.4, 0.5) is 8.78 Å². The van der Waals surface area contributed by atoms with Gasteiger partial charge in [-0.25, -0.2) is 8.78 Å². The van der Waals surface area contributed by atoms with Gasteiger partial charge in [-0.1, -0.05) is 44.2 Å². The molecule has 0 bridgehead atoms. The summed E-state index contributed by atoms with van der Waals surface area (Å²) in [6.45, 7) is 3.73. The van der Waals surface area contributed by atoms with Gasteiger partial charge in [-0.05, 0) is 30.0 Å². The van der Waals surface area contributed by atoms with Crippen LogP contribution in [0.5, 0.6) is 0 Å². The van der Waals surface area contributed by atoms with Crippen molar-refractivity contribution >= 4 is 18.9 Å². The number of nitrogens with one attached hydrogen (secondary N) is 2. The Morgan fingerprint density at radius 3 is 2.27 bits per heavy atom. The van der Waals surface area contributed by atoms with Crippen LogP contribution in [0.2, 0.25) is 0 Å². The molecule has 30 heavy (non-hydrogen) atoms. The Balaban J connectivity index is 2.22. The molecule has 0 radical (unpaired) electrons. The molecule has 0 aliphatic carbocycles. The van der Waals surface area contributed by atoms with Crippen LogP contribution in [0.25, 0.3) is 0 Å². The van der Waals surface area contributed by atoms with Crippen LogP contribution in [0.15, 0.2) is 48.5 Å². The lowest BCUT2D eigenvalue weighted by atomic mass is 9.75. The van der Waals surface area contributed by atoms with Crippen LogP contribution in [0, 0.1) is 17.6 Å². The zero-order valence-corrected chi connectivity index (χ0v) is 16.8. The monoisotopic (exact) mass is 418 g/mol. The quantitative estimate of drug-likeness (QED) is 0.468. The molecule has 2 atom stereocenters. The Morgan fingerprint density at radius 2 is 1.70 bits per heavy atom. The first-order valence-corrected chi connectivity index (χ1v) is 9.63. The molecule has 4 N–H and O–H groups in total. The van der Waals surface area contributed by atoms with Crippen LogP contribution in [0.1, 0.15) is 36.2 Å². The molecule has 0 saturated heterocycles. The Labute approximate surface area is 174 Å². The number of halogens is 2. The van der Waals surface area contributed by atoms with Crippen molar-refractivity contribution in [2.45, 2.75) is 38.7 Å². The summed E-state index contributed by atoms with van der Waals surface area (Å²) in [4.78, 5) is 25.4. The van der Waals surface area contributed by atoms with E-state index in [9.17, 15) is 28.4 Å². The molecule has 0 fully saturated rings. The highest BCUT2D eigenvalue weighted by Crippen LogP contribution is 2.12. The normalized spacial score (nSPS) is 12.9. The third-order valence-electron chi connectivity index (χ3n) is 4.49. The highest BCUT2D eigenvalue weighted by atomic mass is 19.1. The first-order chi connectivity index (χ1) is 14.2. The molecular formula is C21H25BF2N2O4. The highest BCUT2D eigenvalue weighted by molar-refractivity contribution is 6.43. The van der Waals surface area contributed by atoms with Crippen LogP contribution in [-0.2, 0) is 11.2 Å².